The number of nitrogens with zero attached hydrogens (tertiary/aromatic N) is 2. The van der Waals surface area contributed by atoms with Crippen molar-refractivity contribution in [3.05, 3.63) is 23.8 Å². The van der Waals surface area contributed by atoms with E-state index in [1.54, 1.807) is 0 Å². The number of carbonyl (C=O) groups is 1. The van der Waals surface area contributed by atoms with Gasteiger partial charge in [-0.05, 0) is 24.1 Å². The molecule has 7 nitrogen and oxygen atoms in total. The predicted octanol–water partition coefficient (Wildman–Crippen LogP) is 2.20. The first-order valence-electron chi connectivity index (χ1n) is 9.09. The molecule has 2 saturated heterocycles. The number of ether oxygens (including phenoxy) is 2. The van der Waals surface area contributed by atoms with Crippen LogP contribution in [0.15, 0.2) is 23.2 Å². The minimum Gasteiger partial charge on any atom is -0.454 e. The number of unbranched alkanes of at least 4 members (excludes halogenated alkanes) is 1. The standard InChI is InChI=1S/C18H22N2O5S2/c1-2-3-4-17(21)19-18-20(13-9-27(22,23)10-16(13)26-18)8-12-5-6-14-15(7-12)25-11-24-14/h5-7,13,16H,2-4,8-11H2,1H3/t13-,16+/m1/s1. The van der Waals surface area contributed by atoms with Crippen molar-refractivity contribution in [2.75, 3.05) is 18.3 Å². The average molecular weight is 411 g/mol. The Labute approximate surface area is 163 Å². The molecule has 0 bridgehead atoms. The van der Waals surface area contributed by atoms with Crippen LogP contribution < -0.4 is 9.47 Å². The number of rotatable bonds is 5. The number of sulfone groups is 1. The van der Waals surface area contributed by atoms with E-state index in [1.165, 1.54) is 11.8 Å². The topological polar surface area (TPSA) is 85.3 Å². The lowest BCUT2D eigenvalue weighted by Crippen LogP contribution is -2.37. The van der Waals surface area contributed by atoms with E-state index in [-0.39, 0.29) is 35.5 Å². The highest BCUT2D eigenvalue weighted by Crippen LogP contribution is 2.40. The van der Waals surface area contributed by atoms with Gasteiger partial charge in [-0.2, -0.15) is 4.99 Å². The van der Waals surface area contributed by atoms with Crippen molar-refractivity contribution < 1.29 is 22.7 Å². The highest BCUT2D eigenvalue weighted by molar-refractivity contribution is 8.15. The number of aliphatic imine (C=N–C) groups is 1. The molecule has 0 aromatic heterocycles. The van der Waals surface area contributed by atoms with Crippen LogP contribution in [-0.2, 0) is 21.2 Å². The van der Waals surface area contributed by atoms with Gasteiger partial charge in [0, 0.05) is 18.2 Å². The zero-order valence-electron chi connectivity index (χ0n) is 15.1. The quantitative estimate of drug-likeness (QED) is 0.736. The van der Waals surface area contributed by atoms with Gasteiger partial charge in [0.1, 0.15) is 0 Å². The molecular formula is C18H22N2O5S2. The van der Waals surface area contributed by atoms with Gasteiger partial charge in [-0.3, -0.25) is 4.79 Å². The molecule has 146 valence electrons. The summed E-state index contributed by atoms with van der Waals surface area (Å²) in [6, 6.07) is 5.54. The molecule has 4 rings (SSSR count). The summed E-state index contributed by atoms with van der Waals surface area (Å²) in [7, 11) is -3.05. The summed E-state index contributed by atoms with van der Waals surface area (Å²) in [6.07, 6.45) is 2.17. The Morgan fingerprint density at radius 3 is 2.93 bits per heavy atom. The third-order valence-corrected chi connectivity index (χ3v) is 8.18. The Balaban J connectivity index is 1.58. The first-order chi connectivity index (χ1) is 12.9. The van der Waals surface area contributed by atoms with Crippen LogP contribution in [-0.4, -0.2) is 54.0 Å². The highest BCUT2D eigenvalue weighted by Gasteiger charge is 2.48. The zero-order chi connectivity index (χ0) is 19.0. The summed E-state index contributed by atoms with van der Waals surface area (Å²) in [6.45, 7) is 2.73. The lowest BCUT2D eigenvalue weighted by molar-refractivity contribution is -0.117. The first-order valence-corrected chi connectivity index (χ1v) is 11.8. The molecule has 0 aliphatic carbocycles. The lowest BCUT2D eigenvalue weighted by atomic mass is 10.1. The molecule has 1 aromatic rings. The normalized spacial score (nSPS) is 26.6. The molecule has 3 heterocycles. The van der Waals surface area contributed by atoms with Gasteiger partial charge in [0.25, 0.3) is 0 Å². The molecule has 2 atom stereocenters. The van der Waals surface area contributed by atoms with Gasteiger partial charge in [-0.1, -0.05) is 31.2 Å². The third kappa shape index (κ3) is 3.94. The second-order valence-electron chi connectivity index (χ2n) is 7.01. The molecule has 0 N–H and O–H groups in total. The minimum absolute atomic E-state index is 0.0678. The van der Waals surface area contributed by atoms with Crippen LogP contribution in [0.2, 0.25) is 0 Å². The number of amides is 1. The monoisotopic (exact) mass is 410 g/mol. The highest BCUT2D eigenvalue weighted by atomic mass is 32.2. The number of hydrogen-bond donors (Lipinski definition) is 0. The molecule has 0 saturated carbocycles. The van der Waals surface area contributed by atoms with Crippen LogP contribution in [0.3, 0.4) is 0 Å². The molecule has 0 unspecified atom stereocenters. The Hall–Kier alpha value is -1.74. The van der Waals surface area contributed by atoms with E-state index >= 15 is 0 Å². The number of fused-ring (bicyclic) bond motifs is 2. The molecule has 9 heteroatoms. The maximum Gasteiger partial charge on any atom is 0.248 e. The van der Waals surface area contributed by atoms with Crippen LogP contribution in [0, 0.1) is 0 Å². The maximum atomic E-state index is 12.2. The number of carbonyl (C=O) groups excluding carboxylic acids is 1. The second-order valence-corrected chi connectivity index (χ2v) is 10.4. The molecule has 0 radical (unpaired) electrons. The molecule has 27 heavy (non-hydrogen) atoms. The molecule has 3 aliphatic heterocycles. The van der Waals surface area contributed by atoms with E-state index in [4.69, 9.17) is 9.47 Å². The van der Waals surface area contributed by atoms with Gasteiger partial charge in [-0.15, -0.1) is 0 Å². The van der Waals surface area contributed by atoms with Gasteiger partial charge in [-0.25, -0.2) is 8.42 Å². The minimum atomic E-state index is -3.05. The largest absolute Gasteiger partial charge is 0.454 e. The number of amidine groups is 1. The number of thioether (sulfide) groups is 1. The average Bonchev–Trinajstić information content (AvgIpc) is 3.27. The van der Waals surface area contributed by atoms with E-state index in [1.807, 2.05) is 30.0 Å². The van der Waals surface area contributed by atoms with Crippen molar-refractivity contribution in [3.8, 4) is 11.5 Å². The Morgan fingerprint density at radius 1 is 1.30 bits per heavy atom. The van der Waals surface area contributed by atoms with Gasteiger partial charge >= 0.3 is 0 Å². The molecular weight excluding hydrogens is 388 g/mol. The van der Waals surface area contributed by atoms with Crippen molar-refractivity contribution >= 4 is 32.7 Å². The third-order valence-electron chi connectivity index (χ3n) is 4.93. The first kappa shape index (κ1) is 18.6. The van der Waals surface area contributed by atoms with Crippen LogP contribution >= 0.6 is 11.8 Å². The fraction of sp³-hybridized carbons (Fsp3) is 0.556. The zero-order valence-corrected chi connectivity index (χ0v) is 16.7. The van der Waals surface area contributed by atoms with Gasteiger partial charge in [0.2, 0.25) is 12.7 Å². The van der Waals surface area contributed by atoms with Crippen LogP contribution in [0.5, 0.6) is 11.5 Å². The van der Waals surface area contributed by atoms with Crippen molar-refractivity contribution in [1.82, 2.24) is 4.90 Å². The summed E-state index contributed by atoms with van der Waals surface area (Å²) in [5.74, 6) is 1.50. The Morgan fingerprint density at radius 2 is 2.11 bits per heavy atom. The summed E-state index contributed by atoms with van der Waals surface area (Å²) in [5, 5.41) is 0.570. The number of benzene rings is 1. The molecule has 1 aromatic carbocycles. The predicted molar refractivity (Wildman–Crippen MR) is 104 cm³/mol. The van der Waals surface area contributed by atoms with Crippen LogP contribution in [0.1, 0.15) is 31.7 Å². The number of hydrogen-bond acceptors (Lipinski definition) is 6. The Kier molecular flexibility index (Phi) is 5.07. The smallest absolute Gasteiger partial charge is 0.248 e. The summed E-state index contributed by atoms with van der Waals surface area (Å²) >= 11 is 1.42. The van der Waals surface area contributed by atoms with E-state index in [9.17, 15) is 13.2 Å². The van der Waals surface area contributed by atoms with E-state index < -0.39 is 9.84 Å². The lowest BCUT2D eigenvalue weighted by Gasteiger charge is -2.24. The fourth-order valence-electron chi connectivity index (χ4n) is 3.55. The van der Waals surface area contributed by atoms with Crippen molar-refractivity contribution in [2.45, 2.75) is 44.0 Å². The molecule has 2 fully saturated rings. The SMILES string of the molecule is CCCCC(=O)N=C1S[C@H]2CS(=O)(=O)C[C@H]2N1Cc1ccc2c(c1)OCO2. The van der Waals surface area contributed by atoms with Crippen LogP contribution in [0.25, 0.3) is 0 Å². The van der Waals surface area contributed by atoms with Gasteiger partial charge < -0.3 is 14.4 Å². The van der Waals surface area contributed by atoms with Crippen LogP contribution in [0.4, 0.5) is 0 Å². The van der Waals surface area contributed by atoms with E-state index in [0.29, 0.717) is 29.6 Å². The fourth-order valence-corrected chi connectivity index (χ4v) is 7.52. The molecule has 0 spiro atoms. The molecule has 3 aliphatic rings. The summed E-state index contributed by atoms with van der Waals surface area (Å²) < 4.78 is 34.9. The van der Waals surface area contributed by atoms with Gasteiger partial charge in [0.15, 0.2) is 26.5 Å². The summed E-state index contributed by atoms with van der Waals surface area (Å²) in [5.41, 5.74) is 0.971. The van der Waals surface area contributed by atoms with E-state index in [2.05, 4.69) is 4.99 Å². The van der Waals surface area contributed by atoms with Crippen molar-refractivity contribution in [1.29, 1.82) is 0 Å². The van der Waals surface area contributed by atoms with Crippen molar-refractivity contribution in [2.24, 2.45) is 4.99 Å². The van der Waals surface area contributed by atoms with Crippen molar-refractivity contribution in [3.63, 3.8) is 0 Å². The van der Waals surface area contributed by atoms with E-state index in [0.717, 1.165) is 18.4 Å². The van der Waals surface area contributed by atoms with Gasteiger partial charge in [0.05, 0.1) is 17.5 Å². The molecule has 1 amide bonds. The Bertz CT molecular complexity index is 884. The summed E-state index contributed by atoms with van der Waals surface area (Å²) in [4.78, 5) is 18.5. The second kappa shape index (κ2) is 7.35. The maximum absolute atomic E-state index is 12.2.